The predicted octanol–water partition coefficient (Wildman–Crippen LogP) is 1.78. The van der Waals surface area contributed by atoms with Crippen molar-refractivity contribution in [1.29, 1.82) is 0 Å². The van der Waals surface area contributed by atoms with Gasteiger partial charge >= 0.3 is 0 Å². The first kappa shape index (κ1) is 13.3. The summed E-state index contributed by atoms with van der Waals surface area (Å²) in [4.78, 5) is 19.8. The molecule has 5 N–H and O–H groups in total. The molecule has 0 bridgehead atoms. The van der Waals surface area contributed by atoms with Gasteiger partial charge in [-0.1, -0.05) is 6.92 Å². The third-order valence-corrected chi connectivity index (χ3v) is 3.53. The third-order valence-electron chi connectivity index (χ3n) is 2.64. The van der Waals surface area contributed by atoms with E-state index in [-0.39, 0.29) is 11.6 Å². The Bertz CT molecular complexity index is 570. The molecule has 7 heteroatoms. The van der Waals surface area contributed by atoms with E-state index in [4.69, 9.17) is 11.5 Å². The molecule has 0 radical (unpaired) electrons. The molecule has 0 fully saturated rings. The molecule has 19 heavy (non-hydrogen) atoms. The minimum absolute atomic E-state index is 0.00535. The molecule has 0 aliphatic heterocycles. The van der Waals surface area contributed by atoms with E-state index in [1.807, 2.05) is 12.3 Å². The minimum Gasteiger partial charge on any atom is -0.397 e. The van der Waals surface area contributed by atoms with Crippen LogP contribution in [0.2, 0.25) is 0 Å². The molecule has 1 amide bonds. The van der Waals surface area contributed by atoms with Gasteiger partial charge in [-0.05, 0) is 12.5 Å². The zero-order valence-electron chi connectivity index (χ0n) is 10.5. The number of nitrogens with zero attached hydrogens (tertiary/aromatic N) is 2. The van der Waals surface area contributed by atoms with E-state index >= 15 is 0 Å². The Morgan fingerprint density at radius 2 is 2.32 bits per heavy atom. The molecular formula is C12H15N5OS. The Morgan fingerprint density at radius 1 is 1.53 bits per heavy atom. The van der Waals surface area contributed by atoms with Gasteiger partial charge < -0.3 is 16.8 Å². The van der Waals surface area contributed by atoms with Crippen molar-refractivity contribution in [2.45, 2.75) is 19.4 Å². The van der Waals surface area contributed by atoms with Crippen molar-refractivity contribution in [2.24, 2.45) is 5.73 Å². The molecule has 2 aromatic heterocycles. The number of anilines is 2. The third kappa shape index (κ3) is 3.00. The lowest BCUT2D eigenvalue weighted by atomic mass is 10.2. The molecule has 0 saturated carbocycles. The highest BCUT2D eigenvalue weighted by molar-refractivity contribution is 7.09. The lowest BCUT2D eigenvalue weighted by molar-refractivity contribution is 0.100. The van der Waals surface area contributed by atoms with Crippen molar-refractivity contribution in [2.75, 3.05) is 11.1 Å². The van der Waals surface area contributed by atoms with E-state index in [2.05, 4.69) is 15.3 Å². The van der Waals surface area contributed by atoms with Crippen LogP contribution in [0.25, 0.3) is 0 Å². The molecule has 1 atom stereocenters. The van der Waals surface area contributed by atoms with Gasteiger partial charge in [0.2, 0.25) is 0 Å². The second-order valence-electron chi connectivity index (χ2n) is 4.00. The molecule has 0 aliphatic carbocycles. The quantitative estimate of drug-likeness (QED) is 0.772. The Balaban J connectivity index is 2.29. The van der Waals surface area contributed by atoms with Crippen LogP contribution < -0.4 is 16.8 Å². The van der Waals surface area contributed by atoms with Gasteiger partial charge in [0.05, 0.1) is 23.5 Å². The van der Waals surface area contributed by atoms with E-state index in [1.165, 1.54) is 12.3 Å². The molecule has 0 saturated heterocycles. The summed E-state index contributed by atoms with van der Waals surface area (Å²) in [5.74, 6) is -0.125. The molecule has 6 nitrogen and oxygen atoms in total. The number of nitrogens with two attached hydrogens (primary N) is 2. The van der Waals surface area contributed by atoms with Crippen molar-refractivity contribution in [1.82, 2.24) is 9.97 Å². The smallest absolute Gasteiger partial charge is 0.252 e. The van der Waals surface area contributed by atoms with Crippen LogP contribution in [-0.2, 0) is 0 Å². The number of nitrogens with one attached hydrogen (secondary N) is 1. The summed E-state index contributed by atoms with van der Waals surface area (Å²) in [5.41, 5.74) is 11.6. The standard InChI is InChI=1S/C12H15N5OS/c1-2-9(12-15-3-4-19-12)17-11-8(10(14)18)5-7(13)6-16-11/h3-6,9H,2,13H2,1H3,(H2,14,18)(H,16,17). The monoisotopic (exact) mass is 277 g/mol. The number of primary amides is 1. The number of pyridine rings is 1. The molecule has 1 unspecified atom stereocenters. The zero-order valence-corrected chi connectivity index (χ0v) is 11.3. The SMILES string of the molecule is CCC(Nc1ncc(N)cc1C(N)=O)c1nccs1. The minimum atomic E-state index is -0.559. The second-order valence-corrected chi connectivity index (χ2v) is 4.93. The maximum Gasteiger partial charge on any atom is 0.252 e. The summed E-state index contributed by atoms with van der Waals surface area (Å²) < 4.78 is 0. The van der Waals surface area contributed by atoms with Crippen LogP contribution in [0.15, 0.2) is 23.8 Å². The Labute approximate surface area is 114 Å². The maximum absolute atomic E-state index is 11.4. The average molecular weight is 277 g/mol. The van der Waals surface area contributed by atoms with Crippen molar-refractivity contribution in [3.05, 3.63) is 34.4 Å². The number of hydrogen-bond acceptors (Lipinski definition) is 6. The number of thiazole rings is 1. The molecule has 2 aromatic rings. The normalized spacial score (nSPS) is 12.1. The van der Waals surface area contributed by atoms with Crippen molar-refractivity contribution >= 4 is 28.7 Å². The van der Waals surface area contributed by atoms with E-state index in [0.29, 0.717) is 11.5 Å². The van der Waals surface area contributed by atoms with Gasteiger partial charge in [-0.15, -0.1) is 11.3 Å². The van der Waals surface area contributed by atoms with Crippen LogP contribution >= 0.6 is 11.3 Å². The molecule has 0 aliphatic rings. The largest absolute Gasteiger partial charge is 0.397 e. The zero-order chi connectivity index (χ0) is 13.8. The van der Waals surface area contributed by atoms with Gasteiger partial charge in [-0.3, -0.25) is 4.79 Å². The fourth-order valence-electron chi connectivity index (χ4n) is 1.69. The van der Waals surface area contributed by atoms with Crippen LogP contribution in [0.4, 0.5) is 11.5 Å². The van der Waals surface area contributed by atoms with Gasteiger partial charge in [0.25, 0.3) is 5.91 Å². The maximum atomic E-state index is 11.4. The van der Waals surface area contributed by atoms with E-state index in [1.54, 1.807) is 17.5 Å². The van der Waals surface area contributed by atoms with Crippen molar-refractivity contribution < 1.29 is 4.79 Å². The Hall–Kier alpha value is -2.15. The second kappa shape index (κ2) is 5.66. The van der Waals surface area contributed by atoms with Gasteiger partial charge in [-0.2, -0.15) is 0 Å². The number of carbonyl (C=O) groups excluding carboxylic acids is 1. The number of nitrogen functional groups attached to an aromatic ring is 1. The lowest BCUT2D eigenvalue weighted by Gasteiger charge is -2.17. The number of aromatic nitrogens is 2. The Kier molecular flexibility index (Phi) is 3.96. The summed E-state index contributed by atoms with van der Waals surface area (Å²) in [6.07, 6.45) is 4.05. The summed E-state index contributed by atoms with van der Waals surface area (Å²) in [5, 5.41) is 6.04. The van der Waals surface area contributed by atoms with Crippen LogP contribution in [-0.4, -0.2) is 15.9 Å². The Morgan fingerprint density at radius 3 is 2.89 bits per heavy atom. The summed E-state index contributed by atoms with van der Waals surface area (Å²) in [7, 11) is 0. The van der Waals surface area contributed by atoms with E-state index < -0.39 is 5.91 Å². The highest BCUT2D eigenvalue weighted by Crippen LogP contribution is 2.25. The summed E-state index contributed by atoms with van der Waals surface area (Å²) >= 11 is 1.55. The molecule has 2 rings (SSSR count). The van der Waals surface area contributed by atoms with Gasteiger partial charge in [0, 0.05) is 11.6 Å². The summed E-state index contributed by atoms with van der Waals surface area (Å²) in [6.45, 7) is 2.03. The highest BCUT2D eigenvalue weighted by Gasteiger charge is 2.16. The van der Waals surface area contributed by atoms with E-state index in [0.717, 1.165) is 11.4 Å². The van der Waals surface area contributed by atoms with Crippen LogP contribution in [0.3, 0.4) is 0 Å². The molecule has 2 heterocycles. The summed E-state index contributed by atoms with van der Waals surface area (Å²) in [6, 6.07) is 1.51. The van der Waals surface area contributed by atoms with E-state index in [9.17, 15) is 4.79 Å². The van der Waals surface area contributed by atoms with Crippen LogP contribution in [0.5, 0.6) is 0 Å². The fourth-order valence-corrected chi connectivity index (χ4v) is 2.47. The first-order valence-electron chi connectivity index (χ1n) is 5.83. The predicted molar refractivity (Wildman–Crippen MR) is 75.9 cm³/mol. The highest BCUT2D eigenvalue weighted by atomic mass is 32.1. The molecule has 100 valence electrons. The average Bonchev–Trinajstić information content (AvgIpc) is 2.90. The first-order chi connectivity index (χ1) is 9.11. The number of rotatable bonds is 5. The van der Waals surface area contributed by atoms with Crippen LogP contribution in [0, 0.1) is 0 Å². The first-order valence-corrected chi connectivity index (χ1v) is 6.71. The van der Waals surface area contributed by atoms with Crippen molar-refractivity contribution in [3.8, 4) is 0 Å². The fraction of sp³-hybridized carbons (Fsp3) is 0.250. The number of hydrogen-bond donors (Lipinski definition) is 3. The molecule has 0 aromatic carbocycles. The number of carbonyl (C=O) groups is 1. The van der Waals surface area contributed by atoms with Gasteiger partial charge in [-0.25, -0.2) is 9.97 Å². The number of amides is 1. The van der Waals surface area contributed by atoms with Crippen LogP contribution in [0.1, 0.15) is 34.8 Å². The van der Waals surface area contributed by atoms with Crippen molar-refractivity contribution in [3.63, 3.8) is 0 Å². The molecular weight excluding hydrogens is 262 g/mol. The van der Waals surface area contributed by atoms with Gasteiger partial charge in [0.1, 0.15) is 10.8 Å². The lowest BCUT2D eigenvalue weighted by Crippen LogP contribution is -2.18. The molecule has 0 spiro atoms. The topological polar surface area (TPSA) is 107 Å². The van der Waals surface area contributed by atoms with Gasteiger partial charge in [0.15, 0.2) is 0 Å².